The average molecular weight is 292 g/mol. The lowest BCUT2D eigenvalue weighted by Crippen LogP contribution is -2.04. The monoisotopic (exact) mass is 292 g/mol. The van der Waals surface area contributed by atoms with Crippen LogP contribution < -0.4 is 9.47 Å². The summed E-state index contributed by atoms with van der Waals surface area (Å²) >= 11 is 0. The third kappa shape index (κ3) is 2.83. The zero-order valence-electron chi connectivity index (χ0n) is 10.6. The molecule has 0 bridgehead atoms. The Labute approximate surface area is 117 Å². The number of rotatable bonds is 5. The number of nitro groups is 1. The molecule has 2 rings (SSSR count). The number of carboxylic acid groups (broad SMARTS) is 1. The van der Waals surface area contributed by atoms with Crippen LogP contribution in [0.25, 0.3) is 0 Å². The van der Waals surface area contributed by atoms with Crippen LogP contribution in [-0.4, -0.2) is 38.1 Å². The molecule has 21 heavy (non-hydrogen) atoms. The van der Waals surface area contributed by atoms with Gasteiger partial charge in [0.15, 0.2) is 5.75 Å². The highest BCUT2D eigenvalue weighted by atomic mass is 16.6. The number of nitrogens with zero attached hydrogens (tertiary/aromatic N) is 4. The maximum Gasteiger partial charge on any atom is 0.392 e. The van der Waals surface area contributed by atoms with Crippen LogP contribution >= 0.6 is 0 Å². The first-order valence-electron chi connectivity index (χ1n) is 5.43. The Hall–Kier alpha value is -3.30. The van der Waals surface area contributed by atoms with E-state index in [0.29, 0.717) is 0 Å². The van der Waals surface area contributed by atoms with Crippen molar-refractivity contribution in [2.75, 3.05) is 7.11 Å². The molecule has 10 nitrogen and oxygen atoms in total. The first-order valence-corrected chi connectivity index (χ1v) is 5.43. The molecule has 10 heteroatoms. The highest BCUT2D eigenvalue weighted by Crippen LogP contribution is 2.35. The molecule has 0 saturated heterocycles. The summed E-state index contributed by atoms with van der Waals surface area (Å²) in [4.78, 5) is 32.2. The number of carbonyl (C=O) groups is 1. The van der Waals surface area contributed by atoms with Crippen molar-refractivity contribution >= 4 is 11.7 Å². The highest BCUT2D eigenvalue weighted by Gasteiger charge is 2.27. The van der Waals surface area contributed by atoms with E-state index in [2.05, 4.69) is 15.0 Å². The van der Waals surface area contributed by atoms with E-state index in [0.717, 1.165) is 12.5 Å². The van der Waals surface area contributed by atoms with Crippen LogP contribution in [0, 0.1) is 10.1 Å². The van der Waals surface area contributed by atoms with Gasteiger partial charge in [-0.2, -0.15) is 9.97 Å². The zero-order valence-corrected chi connectivity index (χ0v) is 10.6. The summed E-state index contributed by atoms with van der Waals surface area (Å²) in [5.74, 6) is -2.20. The van der Waals surface area contributed by atoms with Gasteiger partial charge in [0.05, 0.1) is 18.2 Å². The van der Waals surface area contributed by atoms with Crippen LogP contribution in [-0.2, 0) is 0 Å². The van der Waals surface area contributed by atoms with Gasteiger partial charge in [-0.1, -0.05) is 0 Å². The summed E-state index contributed by atoms with van der Waals surface area (Å²) in [7, 11) is 1.20. The molecule has 0 spiro atoms. The van der Waals surface area contributed by atoms with Crippen LogP contribution in [0.1, 0.15) is 10.4 Å². The van der Waals surface area contributed by atoms with Crippen molar-refractivity contribution in [3.05, 3.63) is 40.5 Å². The second-order valence-electron chi connectivity index (χ2n) is 3.57. The van der Waals surface area contributed by atoms with Crippen molar-refractivity contribution in [2.45, 2.75) is 0 Å². The molecule has 1 N–H and O–H groups in total. The van der Waals surface area contributed by atoms with Gasteiger partial charge in [0.2, 0.25) is 0 Å². The van der Waals surface area contributed by atoms with Gasteiger partial charge >= 0.3 is 23.4 Å². The summed E-state index contributed by atoms with van der Waals surface area (Å²) in [6, 6.07) is 1.20. The lowest BCUT2D eigenvalue weighted by molar-refractivity contribution is -0.387. The first kappa shape index (κ1) is 14.1. The van der Waals surface area contributed by atoms with Crippen LogP contribution in [0.3, 0.4) is 0 Å². The van der Waals surface area contributed by atoms with Gasteiger partial charge < -0.3 is 14.6 Å². The summed E-state index contributed by atoms with van der Waals surface area (Å²) in [5, 5.41) is 20.1. The fourth-order valence-electron chi connectivity index (χ4n) is 1.47. The topological polar surface area (TPSA) is 138 Å². The standard InChI is InChI=1S/C11H8N4O6/c1-20-9-8(15(18)19)10(14-5-13-9)21-7-4-12-3-2-6(7)11(16)17/h2-5H,1H3,(H,16,17). The number of hydrogen-bond acceptors (Lipinski definition) is 8. The Balaban J connectivity index is 2.50. The largest absolute Gasteiger partial charge is 0.478 e. The van der Waals surface area contributed by atoms with Gasteiger partial charge in [0.1, 0.15) is 11.9 Å². The van der Waals surface area contributed by atoms with Crippen molar-refractivity contribution in [3.8, 4) is 17.5 Å². The smallest absolute Gasteiger partial charge is 0.392 e. The first-order chi connectivity index (χ1) is 10.0. The van der Waals surface area contributed by atoms with E-state index in [9.17, 15) is 14.9 Å². The highest BCUT2D eigenvalue weighted by molar-refractivity contribution is 5.90. The minimum atomic E-state index is -1.27. The molecule has 0 saturated carbocycles. The summed E-state index contributed by atoms with van der Waals surface area (Å²) in [5.41, 5.74) is -0.822. The van der Waals surface area contributed by atoms with Crippen LogP contribution in [0.4, 0.5) is 5.69 Å². The van der Waals surface area contributed by atoms with Gasteiger partial charge in [0, 0.05) is 6.20 Å². The molecule has 2 aromatic rings. The molecule has 0 aliphatic heterocycles. The molecule has 0 unspecified atom stereocenters. The number of ether oxygens (including phenoxy) is 2. The van der Waals surface area contributed by atoms with Gasteiger partial charge in [-0.25, -0.2) is 4.79 Å². The third-order valence-electron chi connectivity index (χ3n) is 2.35. The van der Waals surface area contributed by atoms with Crippen LogP contribution in [0.15, 0.2) is 24.8 Å². The lowest BCUT2D eigenvalue weighted by atomic mass is 10.2. The Kier molecular flexibility index (Phi) is 3.88. The second kappa shape index (κ2) is 5.77. The Morgan fingerprint density at radius 1 is 1.38 bits per heavy atom. The molecular formula is C11H8N4O6. The summed E-state index contributed by atoms with van der Waals surface area (Å²) in [6.07, 6.45) is 3.37. The molecule has 108 valence electrons. The van der Waals surface area contributed by atoms with Crippen molar-refractivity contribution in [2.24, 2.45) is 0 Å². The van der Waals surface area contributed by atoms with Gasteiger partial charge in [-0.15, -0.1) is 0 Å². The van der Waals surface area contributed by atoms with E-state index in [1.165, 1.54) is 19.4 Å². The Morgan fingerprint density at radius 3 is 2.71 bits per heavy atom. The van der Waals surface area contributed by atoms with Crippen LogP contribution in [0.5, 0.6) is 17.5 Å². The molecule has 0 atom stereocenters. The maximum absolute atomic E-state index is 11.1. The normalized spacial score (nSPS) is 9.95. The molecule has 0 aliphatic carbocycles. The minimum Gasteiger partial charge on any atom is -0.478 e. The van der Waals surface area contributed by atoms with Gasteiger partial charge in [-0.05, 0) is 6.07 Å². The number of pyridine rings is 1. The summed E-state index contributed by atoms with van der Waals surface area (Å²) < 4.78 is 9.95. The van der Waals surface area contributed by atoms with Crippen molar-refractivity contribution < 1.29 is 24.3 Å². The fraction of sp³-hybridized carbons (Fsp3) is 0.0909. The molecule has 0 amide bonds. The minimum absolute atomic E-state index is 0.186. The van der Waals surface area contributed by atoms with E-state index in [1.54, 1.807) is 0 Å². The number of methoxy groups -OCH3 is 1. The second-order valence-corrected chi connectivity index (χ2v) is 3.57. The Morgan fingerprint density at radius 2 is 2.10 bits per heavy atom. The van der Waals surface area contributed by atoms with Crippen molar-refractivity contribution in [1.82, 2.24) is 15.0 Å². The number of aromatic nitrogens is 3. The zero-order chi connectivity index (χ0) is 15.4. The van der Waals surface area contributed by atoms with E-state index >= 15 is 0 Å². The molecular weight excluding hydrogens is 284 g/mol. The van der Waals surface area contributed by atoms with Crippen molar-refractivity contribution in [1.29, 1.82) is 0 Å². The Bertz CT molecular complexity index is 705. The molecule has 0 aliphatic rings. The van der Waals surface area contributed by atoms with Gasteiger partial charge in [0.25, 0.3) is 0 Å². The third-order valence-corrected chi connectivity index (χ3v) is 2.35. The average Bonchev–Trinajstić information content (AvgIpc) is 2.47. The molecule has 0 radical (unpaired) electrons. The molecule has 0 aromatic carbocycles. The van der Waals surface area contributed by atoms with Crippen molar-refractivity contribution in [3.63, 3.8) is 0 Å². The maximum atomic E-state index is 11.1. The van der Waals surface area contributed by atoms with E-state index in [-0.39, 0.29) is 17.2 Å². The number of hydrogen-bond donors (Lipinski definition) is 1. The van der Waals surface area contributed by atoms with E-state index in [4.69, 9.17) is 14.6 Å². The lowest BCUT2D eigenvalue weighted by Gasteiger charge is -2.08. The summed E-state index contributed by atoms with van der Waals surface area (Å²) in [6.45, 7) is 0. The molecule has 0 fully saturated rings. The van der Waals surface area contributed by atoms with Gasteiger partial charge in [-0.3, -0.25) is 15.1 Å². The molecule has 2 aromatic heterocycles. The fourth-order valence-corrected chi connectivity index (χ4v) is 1.47. The van der Waals surface area contributed by atoms with E-state index in [1.807, 2.05) is 0 Å². The predicted molar refractivity (Wildman–Crippen MR) is 66.5 cm³/mol. The SMILES string of the molecule is COc1ncnc(Oc2cnccc2C(=O)O)c1[N+](=O)[O-]. The number of carboxylic acids is 1. The molecule has 2 heterocycles. The quantitative estimate of drug-likeness (QED) is 0.637. The predicted octanol–water partition coefficient (Wildman–Crippen LogP) is 1.28. The van der Waals surface area contributed by atoms with E-state index < -0.39 is 22.5 Å². The number of aromatic carboxylic acids is 1. The van der Waals surface area contributed by atoms with Crippen LogP contribution in [0.2, 0.25) is 0 Å².